The summed E-state index contributed by atoms with van der Waals surface area (Å²) in [4.78, 5) is 25.4. The molecule has 0 atom stereocenters. The molecule has 0 aliphatic heterocycles. The first-order valence-corrected chi connectivity index (χ1v) is 6.54. The lowest BCUT2D eigenvalue weighted by Crippen LogP contribution is -2.35. The van der Waals surface area contributed by atoms with Crippen LogP contribution in [-0.2, 0) is 16.1 Å². The van der Waals surface area contributed by atoms with Gasteiger partial charge in [-0.05, 0) is 24.1 Å². The topological polar surface area (TPSA) is 59.8 Å². The zero-order valence-corrected chi connectivity index (χ0v) is 12.0. The van der Waals surface area contributed by atoms with E-state index in [1.165, 1.54) is 24.5 Å². The van der Waals surface area contributed by atoms with Crippen LogP contribution < -0.4 is 0 Å². The predicted molar refractivity (Wildman–Crippen MR) is 76.6 cm³/mol. The molecule has 0 radical (unpaired) electrons. The molecule has 0 saturated heterocycles. The van der Waals surface area contributed by atoms with Gasteiger partial charge in [-0.15, -0.1) is 0 Å². The van der Waals surface area contributed by atoms with E-state index in [1.54, 1.807) is 6.07 Å². The molecule has 0 N–H and O–H groups in total. The van der Waals surface area contributed by atoms with Crippen LogP contribution in [0.25, 0.3) is 0 Å². The van der Waals surface area contributed by atoms with Gasteiger partial charge in [-0.2, -0.15) is 0 Å². The largest absolute Gasteiger partial charge is 0.472 e. The number of aryl methyl sites for hydroxylation is 1. The lowest BCUT2D eigenvalue weighted by molar-refractivity contribution is -0.141. The van der Waals surface area contributed by atoms with Crippen LogP contribution in [-0.4, -0.2) is 30.4 Å². The minimum Gasteiger partial charge on any atom is -0.472 e. The molecular formula is C16H17NO4. The summed E-state index contributed by atoms with van der Waals surface area (Å²) in [7, 11) is 1.30. The maximum absolute atomic E-state index is 12.4. The van der Waals surface area contributed by atoms with Crippen molar-refractivity contribution >= 4 is 11.9 Å². The van der Waals surface area contributed by atoms with Crippen molar-refractivity contribution < 1.29 is 18.7 Å². The molecule has 21 heavy (non-hydrogen) atoms. The highest BCUT2D eigenvalue weighted by Gasteiger charge is 2.20. The fraction of sp³-hybridized carbons (Fsp3) is 0.250. The number of benzene rings is 1. The van der Waals surface area contributed by atoms with E-state index in [0.29, 0.717) is 12.1 Å². The molecule has 1 aromatic carbocycles. The Labute approximate surface area is 123 Å². The molecule has 0 bridgehead atoms. The molecule has 0 aliphatic rings. The van der Waals surface area contributed by atoms with Crippen LogP contribution in [0.5, 0.6) is 0 Å². The Balaban J connectivity index is 2.22. The van der Waals surface area contributed by atoms with Gasteiger partial charge in [0.1, 0.15) is 12.8 Å². The number of furan rings is 1. The Hall–Kier alpha value is -2.56. The van der Waals surface area contributed by atoms with Crippen molar-refractivity contribution in [3.05, 3.63) is 59.5 Å². The molecule has 1 amide bonds. The number of hydrogen-bond donors (Lipinski definition) is 0. The van der Waals surface area contributed by atoms with E-state index in [0.717, 1.165) is 11.1 Å². The first-order valence-electron chi connectivity index (χ1n) is 6.54. The van der Waals surface area contributed by atoms with Crippen molar-refractivity contribution in [3.8, 4) is 0 Å². The van der Waals surface area contributed by atoms with Gasteiger partial charge in [-0.3, -0.25) is 9.59 Å². The standard InChI is InChI=1S/C16H17NO4/c1-12-5-3-4-6-13(12)9-17(10-15(18)20-2)16(19)14-7-8-21-11-14/h3-8,11H,9-10H2,1-2H3. The number of ether oxygens (including phenoxy) is 1. The van der Waals surface area contributed by atoms with Crippen LogP contribution in [0.3, 0.4) is 0 Å². The summed E-state index contributed by atoms with van der Waals surface area (Å²) in [6, 6.07) is 9.31. The van der Waals surface area contributed by atoms with Crippen molar-refractivity contribution in [1.82, 2.24) is 4.90 Å². The number of esters is 1. The number of hydrogen-bond acceptors (Lipinski definition) is 4. The second-order valence-electron chi connectivity index (χ2n) is 4.68. The van der Waals surface area contributed by atoms with Crippen LogP contribution in [0.1, 0.15) is 21.5 Å². The molecule has 0 fully saturated rings. The molecule has 0 spiro atoms. The zero-order chi connectivity index (χ0) is 15.2. The summed E-state index contributed by atoms with van der Waals surface area (Å²) < 4.78 is 9.59. The van der Waals surface area contributed by atoms with Crippen LogP contribution >= 0.6 is 0 Å². The third-order valence-corrected chi connectivity index (χ3v) is 3.23. The van der Waals surface area contributed by atoms with E-state index < -0.39 is 5.97 Å². The van der Waals surface area contributed by atoms with Gasteiger partial charge in [-0.1, -0.05) is 24.3 Å². The van der Waals surface area contributed by atoms with Gasteiger partial charge in [0, 0.05) is 6.54 Å². The predicted octanol–water partition coefficient (Wildman–Crippen LogP) is 2.40. The zero-order valence-electron chi connectivity index (χ0n) is 12.0. The second kappa shape index (κ2) is 6.74. The van der Waals surface area contributed by atoms with E-state index in [4.69, 9.17) is 4.42 Å². The minimum atomic E-state index is -0.458. The summed E-state index contributed by atoms with van der Waals surface area (Å²) in [5.74, 6) is -0.724. The monoisotopic (exact) mass is 287 g/mol. The molecule has 2 aromatic rings. The maximum Gasteiger partial charge on any atom is 0.325 e. The van der Waals surface area contributed by atoms with Gasteiger partial charge in [0.25, 0.3) is 5.91 Å². The molecule has 0 saturated carbocycles. The van der Waals surface area contributed by atoms with Crippen LogP contribution in [0.2, 0.25) is 0 Å². The second-order valence-corrected chi connectivity index (χ2v) is 4.68. The maximum atomic E-state index is 12.4. The molecule has 0 unspecified atom stereocenters. The van der Waals surface area contributed by atoms with E-state index >= 15 is 0 Å². The summed E-state index contributed by atoms with van der Waals surface area (Å²) in [6.07, 6.45) is 2.79. The number of nitrogens with zero attached hydrogens (tertiary/aromatic N) is 1. The van der Waals surface area contributed by atoms with E-state index in [9.17, 15) is 9.59 Å². The molecule has 5 nitrogen and oxygen atoms in total. The first-order chi connectivity index (χ1) is 10.1. The van der Waals surface area contributed by atoms with Gasteiger partial charge in [0.15, 0.2) is 0 Å². The van der Waals surface area contributed by atoms with Crippen LogP contribution in [0, 0.1) is 6.92 Å². The van der Waals surface area contributed by atoms with Crippen LogP contribution in [0.15, 0.2) is 47.3 Å². The Morgan fingerprint density at radius 1 is 1.24 bits per heavy atom. The fourth-order valence-electron chi connectivity index (χ4n) is 1.98. The van der Waals surface area contributed by atoms with Crippen molar-refractivity contribution in [2.45, 2.75) is 13.5 Å². The fourth-order valence-corrected chi connectivity index (χ4v) is 1.98. The molecule has 110 valence electrons. The Morgan fingerprint density at radius 3 is 2.62 bits per heavy atom. The third-order valence-electron chi connectivity index (χ3n) is 3.23. The summed E-state index contributed by atoms with van der Waals surface area (Å²) in [5.41, 5.74) is 2.46. The normalized spacial score (nSPS) is 10.2. The quantitative estimate of drug-likeness (QED) is 0.792. The molecule has 0 aliphatic carbocycles. The highest BCUT2D eigenvalue weighted by atomic mass is 16.5. The number of carbonyl (C=O) groups excluding carboxylic acids is 2. The Morgan fingerprint density at radius 2 is 2.00 bits per heavy atom. The van der Waals surface area contributed by atoms with E-state index in [2.05, 4.69) is 4.74 Å². The van der Waals surface area contributed by atoms with Crippen molar-refractivity contribution in [1.29, 1.82) is 0 Å². The SMILES string of the molecule is COC(=O)CN(Cc1ccccc1C)C(=O)c1ccoc1. The van der Waals surface area contributed by atoms with Crippen molar-refractivity contribution in [2.75, 3.05) is 13.7 Å². The summed E-state index contributed by atoms with van der Waals surface area (Å²) in [6.45, 7) is 2.20. The summed E-state index contributed by atoms with van der Waals surface area (Å²) >= 11 is 0. The molecule has 1 heterocycles. The van der Waals surface area contributed by atoms with Crippen molar-refractivity contribution in [2.24, 2.45) is 0 Å². The average Bonchev–Trinajstić information content (AvgIpc) is 3.02. The lowest BCUT2D eigenvalue weighted by atomic mass is 10.1. The van der Waals surface area contributed by atoms with Gasteiger partial charge >= 0.3 is 5.97 Å². The highest BCUT2D eigenvalue weighted by Crippen LogP contribution is 2.14. The number of carbonyl (C=O) groups is 2. The smallest absolute Gasteiger partial charge is 0.325 e. The van der Waals surface area contributed by atoms with E-state index in [1.807, 2.05) is 31.2 Å². The Bertz CT molecular complexity index is 619. The third kappa shape index (κ3) is 3.72. The van der Waals surface area contributed by atoms with E-state index in [-0.39, 0.29) is 12.5 Å². The number of rotatable bonds is 5. The average molecular weight is 287 g/mol. The first kappa shape index (κ1) is 14.8. The molecule has 5 heteroatoms. The van der Waals surface area contributed by atoms with Crippen LogP contribution in [0.4, 0.5) is 0 Å². The lowest BCUT2D eigenvalue weighted by Gasteiger charge is -2.21. The summed E-state index contributed by atoms with van der Waals surface area (Å²) in [5, 5.41) is 0. The van der Waals surface area contributed by atoms with Gasteiger partial charge in [0.05, 0.1) is 18.9 Å². The molecule has 2 rings (SSSR count). The Kier molecular flexibility index (Phi) is 4.77. The molecule has 1 aromatic heterocycles. The van der Waals surface area contributed by atoms with Gasteiger partial charge in [0.2, 0.25) is 0 Å². The van der Waals surface area contributed by atoms with Gasteiger partial charge in [-0.25, -0.2) is 0 Å². The minimum absolute atomic E-state index is 0.102. The molecular weight excluding hydrogens is 270 g/mol. The highest BCUT2D eigenvalue weighted by molar-refractivity contribution is 5.95. The van der Waals surface area contributed by atoms with Gasteiger partial charge < -0.3 is 14.1 Å². The van der Waals surface area contributed by atoms with Crippen molar-refractivity contribution in [3.63, 3.8) is 0 Å². The number of methoxy groups -OCH3 is 1. The number of amides is 1.